The highest BCUT2D eigenvalue weighted by Crippen LogP contribution is 2.26. The van der Waals surface area contributed by atoms with Gasteiger partial charge in [-0.1, -0.05) is 26.7 Å². The third kappa shape index (κ3) is 6.42. The Morgan fingerprint density at radius 1 is 1.05 bits per heavy atom. The van der Waals surface area contributed by atoms with Crippen LogP contribution in [0.3, 0.4) is 0 Å². The van der Waals surface area contributed by atoms with Crippen molar-refractivity contribution in [1.82, 2.24) is 4.90 Å². The first kappa shape index (κ1) is 16.5. The lowest BCUT2D eigenvalue weighted by molar-refractivity contribution is -0.132. The van der Waals surface area contributed by atoms with Crippen molar-refractivity contribution in [3.8, 4) is 0 Å². The van der Waals surface area contributed by atoms with Gasteiger partial charge in [0.2, 0.25) is 5.91 Å². The van der Waals surface area contributed by atoms with E-state index in [2.05, 4.69) is 18.7 Å². The Kier molecular flexibility index (Phi) is 8.11. The van der Waals surface area contributed by atoms with Crippen molar-refractivity contribution >= 4 is 5.91 Å². The van der Waals surface area contributed by atoms with Gasteiger partial charge in [-0.15, -0.1) is 0 Å². The van der Waals surface area contributed by atoms with E-state index in [4.69, 9.17) is 5.73 Å². The Bertz CT molecular complexity index is 239. The second-order valence-corrected chi connectivity index (χ2v) is 6.07. The van der Waals surface area contributed by atoms with Gasteiger partial charge in [-0.2, -0.15) is 0 Å². The molecule has 0 unspecified atom stereocenters. The average molecular weight is 268 g/mol. The van der Waals surface area contributed by atoms with Crippen LogP contribution in [0.4, 0.5) is 0 Å². The molecule has 3 heteroatoms. The Morgan fingerprint density at radius 2 is 1.58 bits per heavy atom. The molecule has 0 aromatic carbocycles. The molecule has 3 nitrogen and oxygen atoms in total. The maximum atomic E-state index is 12.4. The Balaban J connectivity index is 2.36. The summed E-state index contributed by atoms with van der Waals surface area (Å²) in [6.45, 7) is 6.26. The summed E-state index contributed by atoms with van der Waals surface area (Å²) in [7, 11) is 0. The van der Waals surface area contributed by atoms with E-state index in [9.17, 15) is 4.79 Å². The monoisotopic (exact) mass is 268 g/mol. The Morgan fingerprint density at radius 3 is 2.05 bits per heavy atom. The Labute approximate surface area is 118 Å². The lowest BCUT2D eigenvalue weighted by atomic mass is 9.84. The molecular weight excluding hydrogens is 236 g/mol. The molecule has 1 aliphatic rings. The van der Waals surface area contributed by atoms with Crippen LogP contribution in [0, 0.1) is 5.92 Å². The van der Waals surface area contributed by atoms with Crippen molar-refractivity contribution in [2.75, 3.05) is 13.1 Å². The smallest absolute Gasteiger partial charge is 0.222 e. The van der Waals surface area contributed by atoms with Gasteiger partial charge in [-0.3, -0.25) is 4.79 Å². The van der Waals surface area contributed by atoms with E-state index >= 15 is 0 Å². The minimum Gasteiger partial charge on any atom is -0.343 e. The minimum absolute atomic E-state index is 0.377. The highest BCUT2D eigenvalue weighted by Gasteiger charge is 2.23. The van der Waals surface area contributed by atoms with E-state index < -0.39 is 0 Å². The van der Waals surface area contributed by atoms with Crippen LogP contribution in [0.1, 0.15) is 71.6 Å². The maximum Gasteiger partial charge on any atom is 0.222 e. The zero-order chi connectivity index (χ0) is 14.1. The van der Waals surface area contributed by atoms with E-state index in [-0.39, 0.29) is 0 Å². The Hall–Kier alpha value is -0.570. The largest absolute Gasteiger partial charge is 0.343 e. The van der Waals surface area contributed by atoms with Gasteiger partial charge in [-0.25, -0.2) is 0 Å². The van der Waals surface area contributed by atoms with E-state index in [1.807, 2.05) is 0 Å². The first-order valence-electron chi connectivity index (χ1n) is 8.20. The molecular formula is C16H32N2O. The van der Waals surface area contributed by atoms with Crippen molar-refractivity contribution in [3.05, 3.63) is 0 Å². The number of hydrogen-bond acceptors (Lipinski definition) is 2. The van der Waals surface area contributed by atoms with Gasteiger partial charge in [0, 0.05) is 25.6 Å². The average Bonchev–Trinajstić information content (AvgIpc) is 2.41. The topological polar surface area (TPSA) is 46.3 Å². The molecule has 2 N–H and O–H groups in total. The highest BCUT2D eigenvalue weighted by atomic mass is 16.2. The summed E-state index contributed by atoms with van der Waals surface area (Å²) < 4.78 is 0. The van der Waals surface area contributed by atoms with Gasteiger partial charge in [0.25, 0.3) is 0 Å². The standard InChI is InChI=1S/C16H32N2O/c1-3-5-11-18(12-6-4-2)16(19)13-14-7-9-15(17)10-8-14/h14-15H,3-13,17H2,1-2H3. The molecule has 0 aliphatic heterocycles. The predicted octanol–water partition coefficient (Wildman–Crippen LogP) is 3.32. The zero-order valence-electron chi connectivity index (χ0n) is 12.9. The number of hydrogen-bond donors (Lipinski definition) is 1. The second kappa shape index (κ2) is 9.35. The fourth-order valence-corrected chi connectivity index (χ4v) is 2.83. The third-order valence-corrected chi connectivity index (χ3v) is 4.27. The fourth-order valence-electron chi connectivity index (χ4n) is 2.83. The molecule has 1 rings (SSSR count). The van der Waals surface area contributed by atoms with Crippen molar-refractivity contribution in [2.45, 2.75) is 77.7 Å². The second-order valence-electron chi connectivity index (χ2n) is 6.07. The summed E-state index contributed by atoms with van der Waals surface area (Å²) >= 11 is 0. The van der Waals surface area contributed by atoms with Crippen LogP contribution in [0.2, 0.25) is 0 Å². The van der Waals surface area contributed by atoms with Gasteiger partial charge < -0.3 is 10.6 Å². The number of amides is 1. The van der Waals surface area contributed by atoms with Crippen LogP contribution in [0.15, 0.2) is 0 Å². The van der Waals surface area contributed by atoms with E-state index in [1.54, 1.807) is 0 Å². The van der Waals surface area contributed by atoms with Gasteiger partial charge in [0.1, 0.15) is 0 Å². The predicted molar refractivity (Wildman–Crippen MR) is 80.9 cm³/mol. The number of unbranched alkanes of at least 4 members (excludes halogenated alkanes) is 2. The van der Waals surface area contributed by atoms with Crippen LogP contribution < -0.4 is 5.73 Å². The number of nitrogens with zero attached hydrogens (tertiary/aromatic N) is 1. The van der Waals surface area contributed by atoms with Crippen LogP contribution in [-0.2, 0) is 4.79 Å². The maximum absolute atomic E-state index is 12.4. The SMILES string of the molecule is CCCCN(CCCC)C(=O)CC1CCC(N)CC1. The molecule has 0 radical (unpaired) electrons. The fraction of sp³-hybridized carbons (Fsp3) is 0.938. The third-order valence-electron chi connectivity index (χ3n) is 4.27. The molecule has 0 aromatic heterocycles. The van der Waals surface area contributed by atoms with Gasteiger partial charge in [0.15, 0.2) is 0 Å². The van der Waals surface area contributed by atoms with Crippen LogP contribution in [0.5, 0.6) is 0 Å². The molecule has 1 amide bonds. The van der Waals surface area contributed by atoms with Crippen molar-refractivity contribution in [2.24, 2.45) is 11.7 Å². The normalized spacial score (nSPS) is 23.3. The van der Waals surface area contributed by atoms with Crippen LogP contribution in [0.25, 0.3) is 0 Å². The zero-order valence-corrected chi connectivity index (χ0v) is 12.9. The summed E-state index contributed by atoms with van der Waals surface area (Å²) in [5.74, 6) is 0.959. The molecule has 0 heterocycles. The number of carbonyl (C=O) groups is 1. The molecule has 1 aliphatic carbocycles. The summed E-state index contributed by atoms with van der Waals surface area (Å²) in [6, 6.07) is 0.377. The van der Waals surface area contributed by atoms with E-state index in [0.29, 0.717) is 17.9 Å². The minimum atomic E-state index is 0.377. The number of carbonyl (C=O) groups excluding carboxylic acids is 1. The molecule has 112 valence electrons. The first-order chi connectivity index (χ1) is 9.17. The van der Waals surface area contributed by atoms with Crippen molar-refractivity contribution < 1.29 is 4.79 Å². The molecule has 0 saturated heterocycles. The van der Waals surface area contributed by atoms with Gasteiger partial charge in [-0.05, 0) is 44.4 Å². The van der Waals surface area contributed by atoms with Crippen molar-refractivity contribution in [1.29, 1.82) is 0 Å². The lowest BCUT2D eigenvalue weighted by Crippen LogP contribution is -2.35. The van der Waals surface area contributed by atoms with E-state index in [1.165, 1.54) is 0 Å². The lowest BCUT2D eigenvalue weighted by Gasteiger charge is -2.29. The van der Waals surface area contributed by atoms with Crippen LogP contribution >= 0.6 is 0 Å². The van der Waals surface area contributed by atoms with Crippen LogP contribution in [-0.4, -0.2) is 29.9 Å². The summed E-state index contributed by atoms with van der Waals surface area (Å²) in [4.78, 5) is 14.5. The summed E-state index contributed by atoms with van der Waals surface area (Å²) in [5, 5.41) is 0. The quantitative estimate of drug-likeness (QED) is 0.734. The molecule has 0 atom stereocenters. The molecule has 0 aromatic rings. The summed E-state index contributed by atoms with van der Waals surface area (Å²) in [6.07, 6.45) is 9.81. The summed E-state index contributed by atoms with van der Waals surface area (Å²) in [5.41, 5.74) is 5.92. The molecule has 19 heavy (non-hydrogen) atoms. The first-order valence-corrected chi connectivity index (χ1v) is 8.20. The molecule has 1 saturated carbocycles. The molecule has 1 fully saturated rings. The van der Waals surface area contributed by atoms with Crippen molar-refractivity contribution in [3.63, 3.8) is 0 Å². The number of nitrogens with two attached hydrogens (primary N) is 1. The van der Waals surface area contributed by atoms with Gasteiger partial charge in [0.05, 0.1) is 0 Å². The number of rotatable bonds is 8. The van der Waals surface area contributed by atoms with E-state index in [0.717, 1.165) is 70.9 Å². The molecule has 0 bridgehead atoms. The molecule has 0 spiro atoms. The highest BCUT2D eigenvalue weighted by molar-refractivity contribution is 5.76. The van der Waals surface area contributed by atoms with Gasteiger partial charge >= 0.3 is 0 Å².